The molecule has 0 N–H and O–H groups in total. The Kier molecular flexibility index (Phi) is 4.56. The number of rotatable bonds is 3. The predicted molar refractivity (Wildman–Crippen MR) is 84.3 cm³/mol. The lowest BCUT2D eigenvalue weighted by Gasteiger charge is -2.34. The van der Waals surface area contributed by atoms with Crippen LogP contribution >= 0.6 is 23.2 Å². The molecule has 0 aromatic carbocycles. The Morgan fingerprint density at radius 3 is 2.45 bits per heavy atom. The molecule has 1 saturated heterocycles. The first-order valence-corrected chi connectivity index (χ1v) is 7.56. The molecule has 0 unspecified atom stereocenters. The summed E-state index contributed by atoms with van der Waals surface area (Å²) in [5.74, 6) is 0.729. The van der Waals surface area contributed by atoms with Crippen molar-refractivity contribution < 1.29 is 0 Å². The predicted octanol–water partition coefficient (Wildman–Crippen LogP) is 1.12. The molecule has 1 aliphatic rings. The highest BCUT2D eigenvalue weighted by atomic mass is 35.5. The van der Waals surface area contributed by atoms with Crippen LogP contribution < -0.4 is 10.5 Å². The summed E-state index contributed by atoms with van der Waals surface area (Å²) in [6, 6.07) is 1.79. The van der Waals surface area contributed by atoms with Crippen molar-refractivity contribution in [3.05, 3.63) is 45.1 Å². The fraction of sp³-hybridized carbons (Fsp3) is 0.385. The van der Waals surface area contributed by atoms with E-state index in [1.54, 1.807) is 18.5 Å². The number of hydrogen-bond acceptors (Lipinski definition) is 6. The molecule has 2 aromatic heterocycles. The van der Waals surface area contributed by atoms with Crippen LogP contribution in [0.4, 0.5) is 5.95 Å². The topological polar surface area (TPSA) is 67.2 Å². The van der Waals surface area contributed by atoms with E-state index in [2.05, 4.69) is 24.9 Å². The first kappa shape index (κ1) is 15.2. The maximum atomic E-state index is 12.0. The lowest BCUT2D eigenvalue weighted by Crippen LogP contribution is -2.48. The van der Waals surface area contributed by atoms with Gasteiger partial charge in [-0.25, -0.2) is 14.6 Å². The van der Waals surface area contributed by atoms with Crippen LogP contribution in [0.25, 0.3) is 0 Å². The lowest BCUT2D eigenvalue weighted by atomic mass is 10.3. The molecule has 0 amide bonds. The first-order chi connectivity index (χ1) is 10.6. The van der Waals surface area contributed by atoms with Gasteiger partial charge < -0.3 is 4.90 Å². The zero-order chi connectivity index (χ0) is 15.5. The average molecular weight is 341 g/mol. The van der Waals surface area contributed by atoms with E-state index < -0.39 is 0 Å². The van der Waals surface area contributed by atoms with Gasteiger partial charge in [-0.2, -0.15) is 5.10 Å². The van der Waals surface area contributed by atoms with E-state index in [-0.39, 0.29) is 15.6 Å². The SMILES string of the molecule is O=c1c(Cl)c(Cl)cnn1CN1CCN(c2ncccn2)CC1. The number of anilines is 1. The molecule has 7 nitrogen and oxygen atoms in total. The minimum Gasteiger partial charge on any atom is -0.338 e. The number of piperazine rings is 1. The van der Waals surface area contributed by atoms with Crippen LogP contribution in [0.2, 0.25) is 10.0 Å². The van der Waals surface area contributed by atoms with Crippen molar-refractivity contribution in [3.63, 3.8) is 0 Å². The van der Waals surface area contributed by atoms with Gasteiger partial charge in [0.2, 0.25) is 5.95 Å². The summed E-state index contributed by atoms with van der Waals surface area (Å²) >= 11 is 11.6. The third-order valence-corrected chi connectivity index (χ3v) is 4.23. The van der Waals surface area contributed by atoms with Gasteiger partial charge in [0.1, 0.15) is 5.02 Å². The van der Waals surface area contributed by atoms with Crippen LogP contribution in [0.3, 0.4) is 0 Å². The largest absolute Gasteiger partial charge is 0.338 e. The van der Waals surface area contributed by atoms with Crippen molar-refractivity contribution in [2.75, 3.05) is 31.1 Å². The molecular weight excluding hydrogens is 327 g/mol. The van der Waals surface area contributed by atoms with Crippen LogP contribution in [0.1, 0.15) is 0 Å². The molecule has 0 spiro atoms. The molecule has 0 saturated carbocycles. The van der Waals surface area contributed by atoms with Gasteiger partial charge in [0.05, 0.1) is 17.9 Å². The zero-order valence-electron chi connectivity index (χ0n) is 11.7. The van der Waals surface area contributed by atoms with Crippen LogP contribution in [0.5, 0.6) is 0 Å². The average Bonchev–Trinajstić information content (AvgIpc) is 2.57. The van der Waals surface area contributed by atoms with E-state index in [0.29, 0.717) is 6.67 Å². The Labute approximate surface area is 137 Å². The van der Waals surface area contributed by atoms with Crippen LogP contribution in [0.15, 0.2) is 29.5 Å². The molecule has 116 valence electrons. The quantitative estimate of drug-likeness (QED) is 0.834. The molecule has 22 heavy (non-hydrogen) atoms. The molecule has 1 aliphatic heterocycles. The third kappa shape index (κ3) is 3.21. The van der Waals surface area contributed by atoms with Gasteiger partial charge >= 0.3 is 0 Å². The summed E-state index contributed by atoms with van der Waals surface area (Å²) in [4.78, 5) is 24.7. The maximum absolute atomic E-state index is 12.0. The third-order valence-electron chi connectivity index (χ3n) is 3.48. The highest BCUT2D eigenvalue weighted by molar-refractivity contribution is 6.41. The van der Waals surface area contributed by atoms with Crippen molar-refractivity contribution in [2.24, 2.45) is 0 Å². The van der Waals surface area contributed by atoms with Gasteiger partial charge in [0.25, 0.3) is 5.56 Å². The van der Waals surface area contributed by atoms with Crippen molar-refractivity contribution in [3.8, 4) is 0 Å². The van der Waals surface area contributed by atoms with E-state index in [1.807, 2.05) is 0 Å². The second-order valence-corrected chi connectivity index (χ2v) is 5.69. The van der Waals surface area contributed by atoms with E-state index in [4.69, 9.17) is 23.2 Å². The second-order valence-electron chi connectivity index (χ2n) is 4.91. The molecule has 2 aromatic rings. The minimum atomic E-state index is -0.372. The van der Waals surface area contributed by atoms with E-state index in [1.165, 1.54) is 10.9 Å². The molecule has 0 atom stereocenters. The summed E-state index contributed by atoms with van der Waals surface area (Å²) in [7, 11) is 0. The van der Waals surface area contributed by atoms with Crippen molar-refractivity contribution in [1.82, 2.24) is 24.6 Å². The molecule has 0 radical (unpaired) electrons. The number of hydrogen-bond donors (Lipinski definition) is 0. The smallest absolute Gasteiger partial charge is 0.288 e. The fourth-order valence-electron chi connectivity index (χ4n) is 2.28. The minimum absolute atomic E-state index is 0.00740. The van der Waals surface area contributed by atoms with Gasteiger partial charge in [0.15, 0.2) is 0 Å². The molecular formula is C13H14Cl2N6O. The monoisotopic (exact) mass is 340 g/mol. The number of aromatic nitrogens is 4. The highest BCUT2D eigenvalue weighted by Gasteiger charge is 2.19. The Bertz CT molecular complexity index is 699. The fourth-order valence-corrected chi connectivity index (χ4v) is 2.55. The van der Waals surface area contributed by atoms with Gasteiger partial charge in [-0.05, 0) is 6.07 Å². The molecule has 0 bridgehead atoms. The van der Waals surface area contributed by atoms with Crippen LogP contribution in [-0.4, -0.2) is 50.8 Å². The van der Waals surface area contributed by atoms with E-state index >= 15 is 0 Å². The highest BCUT2D eigenvalue weighted by Crippen LogP contribution is 2.15. The summed E-state index contributed by atoms with van der Waals surface area (Å²) in [6.07, 6.45) is 4.85. The second kappa shape index (κ2) is 6.60. The van der Waals surface area contributed by atoms with Gasteiger partial charge in [-0.15, -0.1) is 0 Å². The van der Waals surface area contributed by atoms with Gasteiger partial charge in [0, 0.05) is 38.6 Å². The lowest BCUT2D eigenvalue weighted by molar-refractivity contribution is 0.191. The summed E-state index contributed by atoms with van der Waals surface area (Å²) in [5, 5.41) is 4.20. The standard InChI is InChI=1S/C13H14Cl2N6O/c14-10-8-18-21(12(22)11(10)15)9-19-4-6-20(7-5-19)13-16-2-1-3-17-13/h1-3,8H,4-7,9H2. The summed E-state index contributed by atoms with van der Waals surface area (Å²) in [5.41, 5.74) is -0.372. The normalized spacial score (nSPS) is 16.0. The Morgan fingerprint density at radius 2 is 1.77 bits per heavy atom. The van der Waals surface area contributed by atoms with E-state index in [9.17, 15) is 4.79 Å². The number of nitrogens with zero attached hydrogens (tertiary/aromatic N) is 6. The molecule has 1 fully saturated rings. The number of halogens is 2. The zero-order valence-corrected chi connectivity index (χ0v) is 13.2. The van der Waals surface area contributed by atoms with Crippen LogP contribution in [0, 0.1) is 0 Å². The van der Waals surface area contributed by atoms with E-state index in [0.717, 1.165) is 32.1 Å². The Balaban J connectivity index is 1.63. The molecule has 3 rings (SSSR count). The van der Waals surface area contributed by atoms with Crippen molar-refractivity contribution >= 4 is 29.2 Å². The Hall–Kier alpha value is -1.70. The first-order valence-electron chi connectivity index (χ1n) is 6.80. The Morgan fingerprint density at radius 1 is 1.09 bits per heavy atom. The van der Waals surface area contributed by atoms with Gasteiger partial charge in [-0.1, -0.05) is 23.2 Å². The van der Waals surface area contributed by atoms with Crippen molar-refractivity contribution in [1.29, 1.82) is 0 Å². The summed E-state index contributed by atoms with van der Waals surface area (Å²) < 4.78 is 1.32. The maximum Gasteiger partial charge on any atom is 0.288 e. The molecule has 3 heterocycles. The van der Waals surface area contributed by atoms with Gasteiger partial charge in [-0.3, -0.25) is 9.69 Å². The van der Waals surface area contributed by atoms with Crippen LogP contribution in [-0.2, 0) is 6.67 Å². The molecule has 0 aliphatic carbocycles. The van der Waals surface area contributed by atoms with Crippen molar-refractivity contribution in [2.45, 2.75) is 6.67 Å². The summed E-state index contributed by atoms with van der Waals surface area (Å²) in [6.45, 7) is 3.54. The molecule has 9 heteroatoms.